The summed E-state index contributed by atoms with van der Waals surface area (Å²) in [5.74, 6) is 1.78. The topological polar surface area (TPSA) is 66.4 Å². The van der Waals surface area contributed by atoms with Gasteiger partial charge in [-0.25, -0.2) is 0 Å². The van der Waals surface area contributed by atoms with E-state index in [1.807, 2.05) is 18.2 Å². The van der Waals surface area contributed by atoms with E-state index < -0.39 is 11.7 Å². The van der Waals surface area contributed by atoms with E-state index in [2.05, 4.69) is 6.58 Å². The van der Waals surface area contributed by atoms with Gasteiger partial charge >= 0.3 is 0 Å². The van der Waals surface area contributed by atoms with Crippen molar-refractivity contribution in [2.75, 3.05) is 21.3 Å². The lowest BCUT2D eigenvalue weighted by Gasteiger charge is -2.46. The SMILES string of the molecule is C=CC[C@@H]1C[C@]23CCCC[C@@]2(O1)[C@H](C(C)O)O[C@@H]3c1cc(OC)c(OC)c(OC)c1. The van der Waals surface area contributed by atoms with Crippen LogP contribution < -0.4 is 14.2 Å². The van der Waals surface area contributed by atoms with Crippen molar-refractivity contribution < 1.29 is 28.8 Å². The Labute approximate surface area is 179 Å². The van der Waals surface area contributed by atoms with Gasteiger partial charge in [0.1, 0.15) is 11.7 Å². The fraction of sp³-hybridized carbons (Fsp3) is 0.667. The minimum atomic E-state index is -0.628. The summed E-state index contributed by atoms with van der Waals surface area (Å²) < 4.78 is 30.1. The maximum atomic E-state index is 10.7. The van der Waals surface area contributed by atoms with Crippen molar-refractivity contribution >= 4 is 0 Å². The second-order valence-electron chi connectivity index (χ2n) is 8.86. The van der Waals surface area contributed by atoms with Crippen molar-refractivity contribution in [3.8, 4) is 17.2 Å². The Kier molecular flexibility index (Phi) is 5.77. The molecule has 3 aliphatic rings. The standard InChI is InChI=1S/C24H34O6/c1-6-9-17-14-23-10-7-8-11-24(23,30-17)21(15(2)25)29-22(23)16-12-18(26-3)20(28-5)19(13-16)27-4/h6,12-13,15,17,21-22,25H,1,7-11,14H2,2-5H3/t15?,17-,21+,22-,23+,24-/m1/s1. The minimum absolute atomic E-state index is 0.0929. The van der Waals surface area contributed by atoms with Gasteiger partial charge in [-0.2, -0.15) is 0 Å². The Hall–Kier alpha value is -1.76. The Morgan fingerprint density at radius 1 is 1.17 bits per heavy atom. The number of aliphatic hydroxyl groups excluding tert-OH is 1. The summed E-state index contributed by atoms with van der Waals surface area (Å²) >= 11 is 0. The van der Waals surface area contributed by atoms with Gasteiger partial charge in [0.25, 0.3) is 0 Å². The summed E-state index contributed by atoms with van der Waals surface area (Å²) in [6.07, 6.45) is 6.60. The highest BCUT2D eigenvalue weighted by atomic mass is 16.6. The van der Waals surface area contributed by atoms with Crippen LogP contribution in [0.3, 0.4) is 0 Å². The third-order valence-corrected chi connectivity index (χ3v) is 7.33. The molecular formula is C24H34O6. The van der Waals surface area contributed by atoms with Gasteiger partial charge in [0, 0.05) is 5.41 Å². The summed E-state index contributed by atoms with van der Waals surface area (Å²) in [6.45, 7) is 5.73. The third-order valence-electron chi connectivity index (χ3n) is 7.33. The van der Waals surface area contributed by atoms with E-state index in [0.29, 0.717) is 17.2 Å². The third kappa shape index (κ3) is 2.95. The zero-order valence-electron chi connectivity index (χ0n) is 18.5. The first-order chi connectivity index (χ1) is 14.5. The first kappa shape index (κ1) is 21.5. The van der Waals surface area contributed by atoms with E-state index in [9.17, 15) is 5.11 Å². The highest BCUT2D eigenvalue weighted by Crippen LogP contribution is 2.69. The Balaban J connectivity index is 1.85. The lowest BCUT2D eigenvalue weighted by atomic mass is 9.58. The number of hydrogen-bond acceptors (Lipinski definition) is 6. The van der Waals surface area contributed by atoms with Gasteiger partial charge in [-0.1, -0.05) is 18.9 Å². The van der Waals surface area contributed by atoms with Crippen LogP contribution in [-0.4, -0.2) is 50.3 Å². The molecule has 4 rings (SSSR count). The van der Waals surface area contributed by atoms with E-state index in [-0.39, 0.29) is 23.7 Å². The van der Waals surface area contributed by atoms with Gasteiger partial charge in [-0.15, -0.1) is 6.58 Å². The van der Waals surface area contributed by atoms with E-state index >= 15 is 0 Å². The minimum Gasteiger partial charge on any atom is -0.493 e. The summed E-state index contributed by atoms with van der Waals surface area (Å²) in [7, 11) is 4.85. The van der Waals surface area contributed by atoms with Gasteiger partial charge in [-0.3, -0.25) is 0 Å². The van der Waals surface area contributed by atoms with Crippen molar-refractivity contribution in [2.45, 2.75) is 75.5 Å². The molecule has 6 heteroatoms. The van der Waals surface area contributed by atoms with E-state index in [0.717, 1.165) is 44.1 Å². The fourth-order valence-electron chi connectivity index (χ4n) is 6.30. The molecule has 2 aliphatic heterocycles. The highest BCUT2D eigenvalue weighted by Gasteiger charge is 2.72. The summed E-state index contributed by atoms with van der Waals surface area (Å²) in [5, 5.41) is 10.7. The van der Waals surface area contributed by atoms with Crippen molar-refractivity contribution in [2.24, 2.45) is 5.41 Å². The molecule has 1 aromatic rings. The van der Waals surface area contributed by atoms with Crippen LogP contribution in [0.1, 0.15) is 57.1 Å². The number of hydrogen-bond donors (Lipinski definition) is 1. The van der Waals surface area contributed by atoms with Gasteiger partial charge < -0.3 is 28.8 Å². The molecule has 30 heavy (non-hydrogen) atoms. The van der Waals surface area contributed by atoms with E-state index in [4.69, 9.17) is 23.7 Å². The molecule has 1 aliphatic carbocycles. The Morgan fingerprint density at radius 2 is 1.83 bits per heavy atom. The van der Waals surface area contributed by atoms with Crippen LogP contribution >= 0.6 is 0 Å². The molecule has 6 atom stereocenters. The molecule has 1 saturated carbocycles. The van der Waals surface area contributed by atoms with Gasteiger partial charge in [-0.05, 0) is 50.3 Å². The van der Waals surface area contributed by atoms with Crippen molar-refractivity contribution in [3.63, 3.8) is 0 Å². The van der Waals surface area contributed by atoms with Crippen LogP contribution in [0, 0.1) is 5.41 Å². The second kappa shape index (κ2) is 8.06. The van der Waals surface area contributed by atoms with Crippen LogP contribution in [0.5, 0.6) is 17.2 Å². The smallest absolute Gasteiger partial charge is 0.203 e. The van der Waals surface area contributed by atoms with Crippen LogP contribution in [0.2, 0.25) is 0 Å². The number of rotatable bonds is 7. The van der Waals surface area contributed by atoms with Crippen LogP contribution in [0.15, 0.2) is 24.8 Å². The molecule has 0 aromatic heterocycles. The molecule has 0 spiro atoms. The zero-order chi connectivity index (χ0) is 21.5. The molecule has 0 amide bonds. The van der Waals surface area contributed by atoms with Crippen LogP contribution in [0.25, 0.3) is 0 Å². The lowest BCUT2D eigenvalue weighted by Crippen LogP contribution is -2.54. The molecule has 2 heterocycles. The molecule has 2 saturated heterocycles. The fourth-order valence-corrected chi connectivity index (χ4v) is 6.30. The number of methoxy groups -OCH3 is 3. The maximum Gasteiger partial charge on any atom is 0.203 e. The predicted octanol–water partition coefficient (Wildman–Crippen LogP) is 4.20. The molecule has 1 unspecified atom stereocenters. The van der Waals surface area contributed by atoms with E-state index in [1.165, 1.54) is 0 Å². The van der Waals surface area contributed by atoms with Gasteiger partial charge in [0.15, 0.2) is 11.5 Å². The van der Waals surface area contributed by atoms with Gasteiger partial charge in [0.2, 0.25) is 5.75 Å². The van der Waals surface area contributed by atoms with Crippen LogP contribution in [0.4, 0.5) is 0 Å². The van der Waals surface area contributed by atoms with E-state index in [1.54, 1.807) is 28.3 Å². The van der Waals surface area contributed by atoms with Crippen molar-refractivity contribution in [1.29, 1.82) is 0 Å². The average Bonchev–Trinajstić information content (AvgIpc) is 3.22. The zero-order valence-corrected chi connectivity index (χ0v) is 18.5. The monoisotopic (exact) mass is 418 g/mol. The van der Waals surface area contributed by atoms with Crippen LogP contribution in [-0.2, 0) is 9.47 Å². The lowest BCUT2D eigenvalue weighted by molar-refractivity contribution is -0.152. The highest BCUT2D eigenvalue weighted by molar-refractivity contribution is 5.55. The van der Waals surface area contributed by atoms with Crippen molar-refractivity contribution in [1.82, 2.24) is 0 Å². The molecule has 1 N–H and O–H groups in total. The molecule has 0 bridgehead atoms. The quantitative estimate of drug-likeness (QED) is 0.670. The van der Waals surface area contributed by atoms with Crippen molar-refractivity contribution in [3.05, 3.63) is 30.4 Å². The molecule has 166 valence electrons. The average molecular weight is 419 g/mol. The number of ether oxygens (including phenoxy) is 5. The summed E-state index contributed by atoms with van der Waals surface area (Å²) in [5.41, 5.74) is 0.283. The first-order valence-corrected chi connectivity index (χ1v) is 10.9. The second-order valence-corrected chi connectivity index (χ2v) is 8.86. The number of benzene rings is 1. The molecular weight excluding hydrogens is 384 g/mol. The largest absolute Gasteiger partial charge is 0.493 e. The predicted molar refractivity (Wildman–Crippen MR) is 113 cm³/mol. The first-order valence-electron chi connectivity index (χ1n) is 10.9. The normalized spacial score (nSPS) is 36.0. The summed E-state index contributed by atoms with van der Waals surface area (Å²) in [4.78, 5) is 0. The summed E-state index contributed by atoms with van der Waals surface area (Å²) in [6, 6.07) is 3.96. The Bertz CT molecular complexity index is 767. The Morgan fingerprint density at radius 3 is 2.40 bits per heavy atom. The number of aliphatic hydroxyl groups is 1. The molecule has 0 radical (unpaired) electrons. The molecule has 6 nitrogen and oxygen atoms in total. The van der Waals surface area contributed by atoms with Gasteiger partial charge in [0.05, 0.1) is 39.6 Å². The molecule has 1 aromatic carbocycles. The maximum absolute atomic E-state index is 10.7. The molecule has 3 fully saturated rings.